The predicted molar refractivity (Wildman–Crippen MR) is 165 cm³/mol. The second-order valence-corrected chi connectivity index (χ2v) is 10.7. The maximum atomic E-state index is 12.6. The molecule has 0 unspecified atom stereocenters. The molecule has 45 heavy (non-hydrogen) atoms. The average molecular weight is 620 g/mol. The summed E-state index contributed by atoms with van der Waals surface area (Å²) in [4.78, 5) is 28.3. The summed E-state index contributed by atoms with van der Waals surface area (Å²) in [5.41, 5.74) is 9.15. The van der Waals surface area contributed by atoms with Crippen LogP contribution in [0.5, 0.6) is 5.75 Å². The third kappa shape index (κ3) is 7.24. The number of primary amides is 1. The van der Waals surface area contributed by atoms with E-state index in [1.807, 2.05) is 48.5 Å². The van der Waals surface area contributed by atoms with Gasteiger partial charge in [-0.1, -0.05) is 36.4 Å². The van der Waals surface area contributed by atoms with Crippen LogP contribution in [0.15, 0.2) is 66.7 Å². The summed E-state index contributed by atoms with van der Waals surface area (Å²) in [6, 6.07) is 19.9. The predicted octanol–water partition coefficient (Wildman–Crippen LogP) is 1.29. The van der Waals surface area contributed by atoms with Gasteiger partial charge in [-0.15, -0.1) is 0 Å². The standard InChI is InChI=1S/C32H37N5O8/c33-27(40)17-34-30(43)21-7-5-6-20(15-21)22-11-10-19(14-25(22)44-13-4-3-12-38)16-35-32-36-23-8-1-2-9-24(23)37(32)31-29(42)28(41)26(18-39)45-31/h1-2,5-11,14-15,26,28-29,31,38-39,41-42H,3-4,12-13,16-18H2,(H2,33,40)(H,34,43)(H,35,36)/t26-,28-,29-,31-/m1/s1. The highest BCUT2D eigenvalue weighted by molar-refractivity contribution is 5.97. The molecule has 0 radical (unpaired) electrons. The summed E-state index contributed by atoms with van der Waals surface area (Å²) in [6.45, 7) is 0.00901. The van der Waals surface area contributed by atoms with Crippen molar-refractivity contribution in [3.05, 3.63) is 77.9 Å². The average Bonchev–Trinajstić information content (AvgIpc) is 3.56. The molecule has 2 heterocycles. The van der Waals surface area contributed by atoms with Crippen molar-refractivity contribution in [3.63, 3.8) is 0 Å². The smallest absolute Gasteiger partial charge is 0.251 e. The summed E-state index contributed by atoms with van der Waals surface area (Å²) in [5.74, 6) is -0.107. The van der Waals surface area contributed by atoms with Gasteiger partial charge in [0.25, 0.3) is 5.91 Å². The second kappa shape index (κ2) is 14.5. The van der Waals surface area contributed by atoms with Gasteiger partial charge in [-0.2, -0.15) is 0 Å². The first-order valence-corrected chi connectivity index (χ1v) is 14.7. The Morgan fingerprint density at radius 3 is 2.58 bits per heavy atom. The van der Waals surface area contributed by atoms with E-state index < -0.39 is 43.0 Å². The van der Waals surface area contributed by atoms with E-state index in [0.717, 1.165) is 16.7 Å². The Hall–Kier alpha value is -4.53. The van der Waals surface area contributed by atoms with Crippen molar-refractivity contribution in [3.8, 4) is 16.9 Å². The number of ether oxygens (including phenoxy) is 2. The number of rotatable bonds is 14. The topological polar surface area (TPSA) is 201 Å². The molecule has 2 amide bonds. The highest BCUT2D eigenvalue weighted by atomic mass is 16.6. The lowest BCUT2D eigenvalue weighted by Crippen LogP contribution is -2.33. The quantitative estimate of drug-likeness (QED) is 0.101. The summed E-state index contributed by atoms with van der Waals surface area (Å²) in [6.07, 6.45) is -3.24. The number of hydrogen-bond donors (Lipinski definition) is 7. The Balaban J connectivity index is 1.42. The molecule has 13 heteroatoms. The molecule has 3 aromatic carbocycles. The zero-order valence-corrected chi connectivity index (χ0v) is 24.5. The number of nitrogens with zero attached hydrogens (tertiary/aromatic N) is 2. The molecule has 238 valence electrons. The van der Waals surface area contributed by atoms with Crippen LogP contribution in [-0.4, -0.2) is 86.5 Å². The summed E-state index contributed by atoms with van der Waals surface area (Å²) in [5, 5.41) is 45.8. The van der Waals surface area contributed by atoms with E-state index in [0.29, 0.717) is 54.3 Å². The molecule has 4 aromatic rings. The molecule has 4 atom stereocenters. The summed E-state index contributed by atoms with van der Waals surface area (Å²) < 4.78 is 13.6. The van der Waals surface area contributed by atoms with E-state index >= 15 is 0 Å². The fraction of sp³-hybridized carbons (Fsp3) is 0.344. The number of fused-ring (bicyclic) bond motifs is 1. The fourth-order valence-corrected chi connectivity index (χ4v) is 5.23. The molecule has 5 rings (SSSR count). The number of aliphatic hydroxyl groups excluding tert-OH is 4. The lowest BCUT2D eigenvalue weighted by atomic mass is 10.00. The third-order valence-electron chi connectivity index (χ3n) is 7.53. The number of carbonyl (C=O) groups is 2. The number of hydrogen-bond acceptors (Lipinski definition) is 10. The lowest BCUT2D eigenvalue weighted by Gasteiger charge is -2.20. The van der Waals surface area contributed by atoms with Gasteiger partial charge in [0.2, 0.25) is 11.9 Å². The Morgan fingerprint density at radius 2 is 1.82 bits per heavy atom. The number of aliphatic hydroxyl groups is 4. The number of aromatic nitrogens is 2. The molecule has 1 saturated heterocycles. The van der Waals surface area contributed by atoms with E-state index in [4.69, 9.17) is 15.2 Å². The van der Waals surface area contributed by atoms with Gasteiger partial charge in [0, 0.05) is 24.3 Å². The van der Waals surface area contributed by atoms with Gasteiger partial charge >= 0.3 is 0 Å². The van der Waals surface area contributed by atoms with Gasteiger partial charge in [0.1, 0.15) is 24.1 Å². The van der Waals surface area contributed by atoms with Gasteiger partial charge in [-0.25, -0.2) is 4.98 Å². The molecule has 0 spiro atoms. The Kier molecular flexibility index (Phi) is 10.3. The monoisotopic (exact) mass is 619 g/mol. The van der Waals surface area contributed by atoms with Crippen molar-refractivity contribution in [1.82, 2.24) is 14.9 Å². The number of nitrogens with two attached hydrogens (primary N) is 1. The molecule has 1 aliphatic rings. The van der Waals surface area contributed by atoms with Gasteiger partial charge in [0.15, 0.2) is 6.23 Å². The molecule has 0 aliphatic carbocycles. The van der Waals surface area contributed by atoms with Crippen LogP contribution in [0.25, 0.3) is 22.2 Å². The first kappa shape index (κ1) is 31.9. The first-order chi connectivity index (χ1) is 21.8. The maximum Gasteiger partial charge on any atom is 0.251 e. The van der Waals surface area contributed by atoms with Gasteiger partial charge < -0.3 is 46.3 Å². The number of unbranched alkanes of at least 4 members (excludes halogenated alkanes) is 1. The highest BCUT2D eigenvalue weighted by Gasteiger charge is 2.44. The lowest BCUT2D eigenvalue weighted by molar-refractivity contribution is -0.117. The third-order valence-corrected chi connectivity index (χ3v) is 7.53. The SMILES string of the molecule is NC(=O)CNC(=O)c1cccc(-c2ccc(CNc3nc4ccccc4n3[C@@H]3O[C@H](CO)[C@@H](O)[C@H]3O)cc2OCCCCO)c1. The number of nitrogens with one attached hydrogen (secondary N) is 2. The van der Waals surface area contributed by atoms with Crippen molar-refractivity contribution >= 4 is 28.8 Å². The number of para-hydroxylation sites is 2. The van der Waals surface area contributed by atoms with E-state index in [2.05, 4.69) is 15.6 Å². The normalized spacial score (nSPS) is 19.5. The molecular weight excluding hydrogens is 582 g/mol. The Labute approximate surface area is 259 Å². The minimum atomic E-state index is -1.29. The van der Waals surface area contributed by atoms with Crippen molar-refractivity contribution < 1.29 is 39.5 Å². The van der Waals surface area contributed by atoms with Crippen LogP contribution in [0.3, 0.4) is 0 Å². The molecule has 1 aliphatic heterocycles. The van der Waals surface area contributed by atoms with E-state index in [9.17, 15) is 30.0 Å². The number of amides is 2. The molecule has 0 saturated carbocycles. The zero-order chi connectivity index (χ0) is 31.9. The zero-order valence-electron chi connectivity index (χ0n) is 24.5. The number of benzene rings is 3. The largest absolute Gasteiger partial charge is 0.493 e. The van der Waals surface area contributed by atoms with Crippen molar-refractivity contribution in [2.45, 2.75) is 43.9 Å². The molecular formula is C32H37N5O8. The molecule has 13 nitrogen and oxygen atoms in total. The second-order valence-electron chi connectivity index (χ2n) is 10.7. The van der Waals surface area contributed by atoms with Crippen LogP contribution < -0.4 is 21.1 Å². The van der Waals surface area contributed by atoms with Crippen LogP contribution in [0.4, 0.5) is 5.95 Å². The molecule has 1 fully saturated rings. The van der Waals surface area contributed by atoms with Crippen LogP contribution in [0.1, 0.15) is 35.0 Å². The van der Waals surface area contributed by atoms with Gasteiger partial charge in [-0.3, -0.25) is 14.2 Å². The van der Waals surface area contributed by atoms with Crippen LogP contribution in [0.2, 0.25) is 0 Å². The molecule has 8 N–H and O–H groups in total. The van der Waals surface area contributed by atoms with E-state index in [1.54, 1.807) is 22.8 Å². The fourth-order valence-electron chi connectivity index (χ4n) is 5.23. The van der Waals surface area contributed by atoms with Crippen molar-refractivity contribution in [2.75, 3.05) is 31.7 Å². The molecule has 1 aromatic heterocycles. The van der Waals surface area contributed by atoms with Crippen LogP contribution in [0, 0.1) is 0 Å². The minimum Gasteiger partial charge on any atom is -0.493 e. The van der Waals surface area contributed by atoms with Gasteiger partial charge in [0.05, 0.1) is 30.8 Å². The Morgan fingerprint density at radius 1 is 1.00 bits per heavy atom. The van der Waals surface area contributed by atoms with Crippen LogP contribution in [-0.2, 0) is 16.1 Å². The summed E-state index contributed by atoms with van der Waals surface area (Å²) >= 11 is 0. The van der Waals surface area contributed by atoms with Gasteiger partial charge in [-0.05, 0) is 54.3 Å². The van der Waals surface area contributed by atoms with E-state index in [-0.39, 0.29) is 13.2 Å². The van der Waals surface area contributed by atoms with E-state index in [1.165, 1.54) is 0 Å². The number of imidazole rings is 1. The number of carbonyl (C=O) groups excluding carboxylic acids is 2. The maximum absolute atomic E-state index is 12.6. The van der Waals surface area contributed by atoms with Crippen LogP contribution >= 0.6 is 0 Å². The first-order valence-electron chi connectivity index (χ1n) is 14.7. The Bertz CT molecular complexity index is 1640. The minimum absolute atomic E-state index is 0.0547. The highest BCUT2D eigenvalue weighted by Crippen LogP contribution is 2.36. The van der Waals surface area contributed by atoms with Crippen molar-refractivity contribution in [1.29, 1.82) is 0 Å². The van der Waals surface area contributed by atoms with Crippen molar-refractivity contribution in [2.24, 2.45) is 5.73 Å². The summed E-state index contributed by atoms with van der Waals surface area (Å²) in [7, 11) is 0. The number of anilines is 1. The molecule has 0 bridgehead atoms.